The SMILES string of the molecule is O=C(O)c1cc(Cc2ccccc2)ccc1[N+](=O)[O-]. The highest BCUT2D eigenvalue weighted by Crippen LogP contribution is 2.21. The van der Waals surface area contributed by atoms with E-state index < -0.39 is 10.9 Å². The first-order valence-corrected chi connectivity index (χ1v) is 5.62. The van der Waals surface area contributed by atoms with Crippen LogP contribution in [0.3, 0.4) is 0 Å². The largest absolute Gasteiger partial charge is 0.477 e. The summed E-state index contributed by atoms with van der Waals surface area (Å²) >= 11 is 0. The highest BCUT2D eigenvalue weighted by Gasteiger charge is 2.19. The number of hydrogen-bond acceptors (Lipinski definition) is 3. The molecular weight excluding hydrogens is 246 g/mol. The summed E-state index contributed by atoms with van der Waals surface area (Å²) in [6.07, 6.45) is 0.541. The van der Waals surface area contributed by atoms with Crippen LogP contribution in [0.15, 0.2) is 48.5 Å². The molecule has 19 heavy (non-hydrogen) atoms. The number of rotatable bonds is 4. The molecule has 0 heterocycles. The van der Waals surface area contributed by atoms with E-state index in [4.69, 9.17) is 5.11 Å². The van der Waals surface area contributed by atoms with Crippen molar-refractivity contribution in [3.8, 4) is 0 Å². The Labute approximate surface area is 109 Å². The molecule has 0 saturated heterocycles. The Balaban J connectivity index is 2.36. The third-order valence-electron chi connectivity index (χ3n) is 2.74. The summed E-state index contributed by atoms with van der Waals surface area (Å²) < 4.78 is 0. The van der Waals surface area contributed by atoms with Gasteiger partial charge < -0.3 is 5.11 Å². The van der Waals surface area contributed by atoms with E-state index >= 15 is 0 Å². The van der Waals surface area contributed by atoms with Crippen molar-refractivity contribution >= 4 is 11.7 Å². The van der Waals surface area contributed by atoms with Gasteiger partial charge in [0.15, 0.2) is 0 Å². The van der Waals surface area contributed by atoms with Gasteiger partial charge in [-0.25, -0.2) is 4.79 Å². The summed E-state index contributed by atoms with van der Waals surface area (Å²) in [6.45, 7) is 0. The van der Waals surface area contributed by atoms with Crippen LogP contribution in [-0.2, 0) is 6.42 Å². The van der Waals surface area contributed by atoms with Gasteiger partial charge in [-0.05, 0) is 23.6 Å². The third kappa shape index (κ3) is 2.95. The van der Waals surface area contributed by atoms with E-state index in [1.54, 1.807) is 6.07 Å². The predicted molar refractivity (Wildman–Crippen MR) is 69.3 cm³/mol. The molecule has 0 atom stereocenters. The summed E-state index contributed by atoms with van der Waals surface area (Å²) in [5, 5.41) is 19.7. The van der Waals surface area contributed by atoms with Gasteiger partial charge in [-0.2, -0.15) is 0 Å². The smallest absolute Gasteiger partial charge is 0.342 e. The molecule has 2 aromatic carbocycles. The van der Waals surface area contributed by atoms with Gasteiger partial charge in [0.05, 0.1) is 4.92 Å². The maximum Gasteiger partial charge on any atom is 0.342 e. The Kier molecular flexibility index (Phi) is 3.56. The summed E-state index contributed by atoms with van der Waals surface area (Å²) in [5.41, 5.74) is 1.09. The topological polar surface area (TPSA) is 80.4 Å². The molecule has 0 radical (unpaired) electrons. The van der Waals surface area contributed by atoms with Gasteiger partial charge in [0.2, 0.25) is 0 Å². The summed E-state index contributed by atoms with van der Waals surface area (Å²) in [6, 6.07) is 13.7. The van der Waals surface area contributed by atoms with Crippen molar-refractivity contribution in [1.29, 1.82) is 0 Å². The van der Waals surface area contributed by atoms with Crippen molar-refractivity contribution in [2.45, 2.75) is 6.42 Å². The molecule has 0 fully saturated rings. The molecule has 1 N–H and O–H groups in total. The number of aromatic carboxylic acids is 1. The van der Waals surface area contributed by atoms with Crippen molar-refractivity contribution in [1.82, 2.24) is 0 Å². The van der Waals surface area contributed by atoms with Gasteiger partial charge in [-0.1, -0.05) is 36.4 Å². The number of carboxylic acid groups (broad SMARTS) is 1. The number of nitro benzene ring substituents is 1. The maximum absolute atomic E-state index is 11.0. The lowest BCUT2D eigenvalue weighted by molar-refractivity contribution is -0.385. The van der Waals surface area contributed by atoms with Gasteiger partial charge in [0, 0.05) is 6.07 Å². The number of benzene rings is 2. The molecule has 0 aliphatic heterocycles. The number of carboxylic acids is 1. The summed E-state index contributed by atoms with van der Waals surface area (Å²) in [7, 11) is 0. The van der Waals surface area contributed by atoms with Gasteiger partial charge in [0.25, 0.3) is 5.69 Å². The zero-order valence-corrected chi connectivity index (χ0v) is 9.95. The molecular formula is C14H11NO4. The van der Waals surface area contributed by atoms with E-state index in [-0.39, 0.29) is 11.3 Å². The molecule has 96 valence electrons. The minimum absolute atomic E-state index is 0.279. The van der Waals surface area contributed by atoms with E-state index in [9.17, 15) is 14.9 Å². The average molecular weight is 257 g/mol. The molecule has 2 aromatic rings. The Morgan fingerprint density at radius 3 is 2.37 bits per heavy atom. The fraction of sp³-hybridized carbons (Fsp3) is 0.0714. The van der Waals surface area contributed by atoms with Crippen LogP contribution in [-0.4, -0.2) is 16.0 Å². The van der Waals surface area contributed by atoms with E-state index in [1.807, 2.05) is 30.3 Å². The van der Waals surface area contributed by atoms with Crippen LogP contribution in [0.1, 0.15) is 21.5 Å². The Morgan fingerprint density at radius 2 is 1.79 bits per heavy atom. The first-order chi connectivity index (χ1) is 9.08. The highest BCUT2D eigenvalue weighted by atomic mass is 16.6. The number of nitrogens with zero attached hydrogens (tertiary/aromatic N) is 1. The first kappa shape index (κ1) is 12.8. The van der Waals surface area contributed by atoms with E-state index in [2.05, 4.69) is 0 Å². The lowest BCUT2D eigenvalue weighted by Gasteiger charge is -2.04. The molecule has 0 aliphatic carbocycles. The lowest BCUT2D eigenvalue weighted by Crippen LogP contribution is -2.04. The minimum atomic E-state index is -1.29. The third-order valence-corrected chi connectivity index (χ3v) is 2.74. The standard InChI is InChI=1S/C14H11NO4/c16-14(17)12-9-11(6-7-13(12)15(18)19)8-10-4-2-1-3-5-10/h1-7,9H,8H2,(H,16,17). The highest BCUT2D eigenvalue weighted by molar-refractivity contribution is 5.92. The van der Waals surface area contributed by atoms with Crippen LogP contribution in [0.4, 0.5) is 5.69 Å². The predicted octanol–water partition coefficient (Wildman–Crippen LogP) is 2.88. The van der Waals surface area contributed by atoms with E-state index in [1.165, 1.54) is 12.1 Å². The normalized spacial score (nSPS) is 10.1. The Bertz CT molecular complexity index is 623. The molecule has 0 bridgehead atoms. The van der Waals surface area contributed by atoms with Crippen LogP contribution in [0.5, 0.6) is 0 Å². The molecule has 0 spiro atoms. The van der Waals surface area contributed by atoms with Gasteiger partial charge >= 0.3 is 5.97 Å². The van der Waals surface area contributed by atoms with Crippen LogP contribution >= 0.6 is 0 Å². The Morgan fingerprint density at radius 1 is 1.11 bits per heavy atom. The van der Waals surface area contributed by atoms with Crippen molar-refractivity contribution in [2.24, 2.45) is 0 Å². The number of hydrogen-bond donors (Lipinski definition) is 1. The van der Waals surface area contributed by atoms with Crippen molar-refractivity contribution in [3.63, 3.8) is 0 Å². The zero-order valence-electron chi connectivity index (χ0n) is 9.95. The Hall–Kier alpha value is -2.69. The number of nitro groups is 1. The lowest BCUT2D eigenvalue weighted by atomic mass is 10.0. The second-order valence-corrected chi connectivity index (χ2v) is 4.08. The molecule has 5 nitrogen and oxygen atoms in total. The van der Waals surface area contributed by atoms with Crippen LogP contribution in [0.2, 0.25) is 0 Å². The first-order valence-electron chi connectivity index (χ1n) is 5.62. The average Bonchev–Trinajstić information content (AvgIpc) is 2.39. The quantitative estimate of drug-likeness (QED) is 0.674. The monoisotopic (exact) mass is 257 g/mol. The molecule has 5 heteroatoms. The van der Waals surface area contributed by atoms with Crippen LogP contribution in [0.25, 0.3) is 0 Å². The molecule has 0 aliphatic rings. The minimum Gasteiger partial charge on any atom is -0.477 e. The second-order valence-electron chi connectivity index (χ2n) is 4.08. The molecule has 2 rings (SSSR count). The van der Waals surface area contributed by atoms with Crippen LogP contribution < -0.4 is 0 Å². The summed E-state index contributed by atoms with van der Waals surface area (Å²) in [5.74, 6) is -1.29. The fourth-order valence-electron chi connectivity index (χ4n) is 1.86. The molecule has 0 saturated carbocycles. The zero-order chi connectivity index (χ0) is 13.8. The molecule has 0 aromatic heterocycles. The van der Waals surface area contributed by atoms with Crippen molar-refractivity contribution in [3.05, 3.63) is 75.3 Å². The fourth-order valence-corrected chi connectivity index (χ4v) is 1.86. The molecule has 0 amide bonds. The maximum atomic E-state index is 11.0. The van der Waals surface area contributed by atoms with E-state index in [0.29, 0.717) is 6.42 Å². The van der Waals surface area contributed by atoms with Gasteiger partial charge in [-0.3, -0.25) is 10.1 Å². The number of carbonyl (C=O) groups is 1. The van der Waals surface area contributed by atoms with Crippen molar-refractivity contribution in [2.75, 3.05) is 0 Å². The summed E-state index contributed by atoms with van der Waals surface area (Å²) in [4.78, 5) is 21.1. The van der Waals surface area contributed by atoms with Gasteiger partial charge in [0.1, 0.15) is 5.56 Å². The van der Waals surface area contributed by atoms with Crippen molar-refractivity contribution < 1.29 is 14.8 Å². The molecule has 0 unspecified atom stereocenters. The van der Waals surface area contributed by atoms with E-state index in [0.717, 1.165) is 11.1 Å². The van der Waals surface area contributed by atoms with Crippen LogP contribution in [0, 0.1) is 10.1 Å². The van der Waals surface area contributed by atoms with Gasteiger partial charge in [-0.15, -0.1) is 0 Å². The second kappa shape index (κ2) is 5.30.